The molecule has 4 aromatic rings. The summed E-state index contributed by atoms with van der Waals surface area (Å²) < 4.78 is 7.65. The number of aromatic nitrogens is 2. The zero-order valence-corrected chi connectivity index (χ0v) is 15.9. The minimum atomic E-state index is -0.333. The fraction of sp³-hybridized carbons (Fsp3) is 0.0952. The number of para-hydroxylation sites is 1. The zero-order valence-electron chi connectivity index (χ0n) is 15.1. The first kappa shape index (κ1) is 17.9. The number of esters is 1. The second-order valence-electron chi connectivity index (χ2n) is 6.02. The minimum absolute atomic E-state index is 0.296. The van der Waals surface area contributed by atoms with Crippen molar-refractivity contribution in [3.8, 4) is 5.69 Å². The average molecular weight is 391 g/mol. The third kappa shape index (κ3) is 3.65. The van der Waals surface area contributed by atoms with Crippen molar-refractivity contribution in [2.24, 2.45) is 0 Å². The summed E-state index contributed by atoms with van der Waals surface area (Å²) in [6.07, 6.45) is 1.75. The number of rotatable bonds is 5. The van der Waals surface area contributed by atoms with Gasteiger partial charge in [-0.1, -0.05) is 18.2 Å². The van der Waals surface area contributed by atoms with Crippen LogP contribution in [0.15, 0.2) is 66.9 Å². The number of hydrogen-bond acceptors (Lipinski definition) is 5. The Labute approximate surface area is 165 Å². The molecule has 0 unspecified atom stereocenters. The lowest BCUT2D eigenvalue weighted by molar-refractivity contribution is 0.0532. The molecule has 2 aromatic heterocycles. The molecule has 0 atom stereocenters. The number of fused-ring (bicyclic) bond motifs is 1. The van der Waals surface area contributed by atoms with Gasteiger partial charge in [0, 0.05) is 16.6 Å². The Kier molecular flexibility index (Phi) is 4.90. The average Bonchev–Trinajstić information content (AvgIpc) is 3.36. The van der Waals surface area contributed by atoms with Crippen LogP contribution in [0.1, 0.15) is 27.1 Å². The fourth-order valence-corrected chi connectivity index (χ4v) is 3.73. The molecule has 7 heteroatoms. The van der Waals surface area contributed by atoms with Crippen molar-refractivity contribution in [1.82, 2.24) is 9.78 Å². The predicted molar refractivity (Wildman–Crippen MR) is 109 cm³/mol. The van der Waals surface area contributed by atoms with Crippen LogP contribution < -0.4 is 5.32 Å². The molecule has 1 N–H and O–H groups in total. The summed E-state index contributed by atoms with van der Waals surface area (Å²) in [5, 5.41) is 8.06. The van der Waals surface area contributed by atoms with Crippen molar-refractivity contribution in [1.29, 1.82) is 0 Å². The molecule has 0 saturated heterocycles. The first-order valence-electron chi connectivity index (χ1n) is 8.77. The number of carbonyl (C=O) groups excluding carboxylic acids is 2. The maximum Gasteiger partial charge on any atom is 0.348 e. The van der Waals surface area contributed by atoms with Gasteiger partial charge in [0.25, 0.3) is 5.91 Å². The van der Waals surface area contributed by atoms with E-state index in [1.807, 2.05) is 42.5 Å². The van der Waals surface area contributed by atoms with Crippen molar-refractivity contribution < 1.29 is 14.3 Å². The van der Waals surface area contributed by atoms with Crippen molar-refractivity contribution in [3.05, 3.63) is 77.4 Å². The molecule has 0 aliphatic carbocycles. The maximum atomic E-state index is 12.5. The van der Waals surface area contributed by atoms with Crippen LogP contribution in [0, 0.1) is 0 Å². The topological polar surface area (TPSA) is 73.2 Å². The molecule has 0 aliphatic heterocycles. The van der Waals surface area contributed by atoms with E-state index < -0.39 is 0 Å². The number of hydrogen-bond donors (Lipinski definition) is 1. The summed E-state index contributed by atoms with van der Waals surface area (Å²) in [7, 11) is 0. The quantitative estimate of drug-likeness (QED) is 0.508. The van der Waals surface area contributed by atoms with Gasteiger partial charge in [0.1, 0.15) is 4.88 Å². The molecule has 0 spiro atoms. The first-order chi connectivity index (χ1) is 13.6. The van der Waals surface area contributed by atoms with E-state index >= 15 is 0 Å². The van der Waals surface area contributed by atoms with Gasteiger partial charge in [0.05, 0.1) is 12.3 Å². The van der Waals surface area contributed by atoms with E-state index in [0.717, 1.165) is 15.8 Å². The van der Waals surface area contributed by atoms with Gasteiger partial charge in [0.2, 0.25) is 0 Å². The molecule has 0 radical (unpaired) electrons. The van der Waals surface area contributed by atoms with Gasteiger partial charge in [-0.05, 0) is 54.8 Å². The van der Waals surface area contributed by atoms with E-state index in [2.05, 4.69) is 10.4 Å². The van der Waals surface area contributed by atoms with Gasteiger partial charge >= 0.3 is 5.97 Å². The highest BCUT2D eigenvalue weighted by atomic mass is 32.1. The molecular weight excluding hydrogens is 374 g/mol. The molecule has 28 heavy (non-hydrogen) atoms. The Hall–Kier alpha value is -3.45. The molecule has 0 aliphatic rings. The molecule has 2 heterocycles. The third-order valence-corrected chi connectivity index (χ3v) is 5.19. The number of nitrogens with zero attached hydrogens (tertiary/aromatic N) is 2. The number of thiophene rings is 1. The van der Waals surface area contributed by atoms with Crippen molar-refractivity contribution >= 4 is 39.0 Å². The SMILES string of the molecule is CCOC(=O)c1cc2cc(NC(=O)c3ccn(-c4ccccc4)n3)ccc2s1. The van der Waals surface area contributed by atoms with Crippen molar-refractivity contribution in [2.45, 2.75) is 6.92 Å². The van der Waals surface area contributed by atoms with Crippen LogP contribution in [0.2, 0.25) is 0 Å². The van der Waals surface area contributed by atoms with Crippen LogP contribution >= 0.6 is 11.3 Å². The maximum absolute atomic E-state index is 12.5. The molecule has 0 fully saturated rings. The highest BCUT2D eigenvalue weighted by Crippen LogP contribution is 2.28. The third-order valence-electron chi connectivity index (χ3n) is 4.09. The van der Waals surface area contributed by atoms with Crippen LogP contribution in [0.5, 0.6) is 0 Å². The van der Waals surface area contributed by atoms with Crippen molar-refractivity contribution in [2.75, 3.05) is 11.9 Å². The minimum Gasteiger partial charge on any atom is -0.462 e. The van der Waals surface area contributed by atoms with Gasteiger partial charge < -0.3 is 10.1 Å². The fourth-order valence-electron chi connectivity index (χ4n) is 2.79. The Bertz CT molecular complexity index is 1150. The van der Waals surface area contributed by atoms with E-state index in [4.69, 9.17) is 4.74 Å². The van der Waals surface area contributed by atoms with Gasteiger partial charge in [-0.3, -0.25) is 4.79 Å². The Balaban J connectivity index is 1.52. The molecule has 2 aromatic carbocycles. The zero-order chi connectivity index (χ0) is 19.5. The molecular formula is C21H17N3O3S. The first-order valence-corrected chi connectivity index (χ1v) is 9.59. The lowest BCUT2D eigenvalue weighted by atomic mass is 10.2. The van der Waals surface area contributed by atoms with Crippen molar-refractivity contribution in [3.63, 3.8) is 0 Å². The number of anilines is 1. The van der Waals surface area contributed by atoms with E-state index in [0.29, 0.717) is 22.9 Å². The number of ether oxygens (including phenoxy) is 1. The van der Waals surface area contributed by atoms with E-state index in [9.17, 15) is 9.59 Å². The van der Waals surface area contributed by atoms with Gasteiger partial charge in [0.15, 0.2) is 5.69 Å². The van der Waals surface area contributed by atoms with E-state index in [-0.39, 0.29) is 11.9 Å². The van der Waals surface area contributed by atoms with Crippen LogP contribution in [-0.2, 0) is 4.74 Å². The van der Waals surface area contributed by atoms with Gasteiger partial charge in [-0.25, -0.2) is 9.48 Å². The number of carbonyl (C=O) groups is 2. The Morgan fingerprint density at radius 2 is 1.93 bits per heavy atom. The molecule has 0 saturated carbocycles. The summed E-state index contributed by atoms with van der Waals surface area (Å²) in [5.41, 5.74) is 1.84. The second-order valence-corrected chi connectivity index (χ2v) is 7.10. The smallest absolute Gasteiger partial charge is 0.348 e. The molecule has 6 nitrogen and oxygen atoms in total. The monoisotopic (exact) mass is 391 g/mol. The van der Waals surface area contributed by atoms with E-state index in [1.54, 1.807) is 36.0 Å². The van der Waals surface area contributed by atoms with Gasteiger partial charge in [-0.2, -0.15) is 5.10 Å². The summed E-state index contributed by atoms with van der Waals surface area (Å²) in [5.74, 6) is -0.629. The number of benzene rings is 2. The number of nitrogens with one attached hydrogen (secondary N) is 1. The van der Waals surface area contributed by atoms with Crippen LogP contribution in [-0.4, -0.2) is 28.3 Å². The summed E-state index contributed by atoms with van der Waals surface area (Å²) >= 11 is 1.37. The summed E-state index contributed by atoms with van der Waals surface area (Å²) in [6, 6.07) is 18.5. The lowest BCUT2D eigenvalue weighted by Gasteiger charge is -2.03. The van der Waals surface area contributed by atoms with Crippen LogP contribution in [0.25, 0.3) is 15.8 Å². The highest BCUT2D eigenvalue weighted by Gasteiger charge is 2.14. The predicted octanol–water partition coefficient (Wildman–Crippen LogP) is 4.52. The molecule has 4 rings (SSSR count). The largest absolute Gasteiger partial charge is 0.462 e. The number of amides is 1. The van der Waals surface area contributed by atoms with Crippen LogP contribution in [0.4, 0.5) is 5.69 Å². The second kappa shape index (κ2) is 7.66. The summed E-state index contributed by atoms with van der Waals surface area (Å²) in [4.78, 5) is 25.0. The normalized spacial score (nSPS) is 10.8. The lowest BCUT2D eigenvalue weighted by Crippen LogP contribution is -2.13. The highest BCUT2D eigenvalue weighted by molar-refractivity contribution is 7.20. The Morgan fingerprint density at radius 3 is 2.71 bits per heavy atom. The molecule has 1 amide bonds. The standard InChI is InChI=1S/C21H17N3O3S/c1-2-27-21(26)19-13-14-12-15(8-9-18(14)28-19)22-20(25)17-10-11-24(23-17)16-6-4-3-5-7-16/h3-13H,2H2,1H3,(H,22,25). The summed E-state index contributed by atoms with van der Waals surface area (Å²) in [6.45, 7) is 2.11. The van der Waals surface area contributed by atoms with Crippen LogP contribution in [0.3, 0.4) is 0 Å². The molecule has 140 valence electrons. The Morgan fingerprint density at radius 1 is 1.11 bits per heavy atom. The van der Waals surface area contributed by atoms with Gasteiger partial charge in [-0.15, -0.1) is 11.3 Å². The molecule has 0 bridgehead atoms. The van der Waals surface area contributed by atoms with E-state index in [1.165, 1.54) is 11.3 Å².